The van der Waals surface area contributed by atoms with Gasteiger partial charge >= 0.3 is 0 Å². The number of hydrogen-bond acceptors (Lipinski definition) is 2. The average Bonchev–Trinajstić information content (AvgIpc) is 2.38. The molecule has 1 aliphatic rings. The fraction of sp³-hybridized carbons (Fsp3) is 0.600. The van der Waals surface area contributed by atoms with Crippen LogP contribution in [0.4, 0.5) is 8.78 Å². The lowest BCUT2D eigenvalue weighted by molar-refractivity contribution is 0.143. The van der Waals surface area contributed by atoms with E-state index in [1.54, 1.807) is 0 Å². The lowest BCUT2D eigenvalue weighted by Crippen LogP contribution is -2.49. The van der Waals surface area contributed by atoms with Gasteiger partial charge in [0.15, 0.2) is 0 Å². The van der Waals surface area contributed by atoms with Gasteiger partial charge in [-0.2, -0.15) is 0 Å². The SMILES string of the molecule is CC1(C(Cc2ccc(F)cc2F)NN)CCCCC1. The molecule has 1 fully saturated rings. The van der Waals surface area contributed by atoms with E-state index in [0.717, 1.165) is 18.9 Å². The summed E-state index contributed by atoms with van der Waals surface area (Å²) < 4.78 is 26.6. The highest BCUT2D eigenvalue weighted by Gasteiger charge is 2.35. The maximum absolute atomic E-state index is 13.7. The van der Waals surface area contributed by atoms with Crippen molar-refractivity contribution < 1.29 is 8.78 Å². The van der Waals surface area contributed by atoms with E-state index in [-0.39, 0.29) is 11.5 Å². The molecule has 1 unspecified atom stereocenters. The standard InChI is InChI=1S/C15H22F2N2/c1-15(7-3-2-4-8-15)14(19-18)9-11-5-6-12(16)10-13(11)17/h5-6,10,14,19H,2-4,7-9,18H2,1H3. The zero-order valence-corrected chi connectivity index (χ0v) is 11.4. The van der Waals surface area contributed by atoms with E-state index < -0.39 is 11.6 Å². The van der Waals surface area contributed by atoms with Crippen molar-refractivity contribution in [2.45, 2.75) is 51.5 Å². The number of benzene rings is 1. The van der Waals surface area contributed by atoms with Gasteiger partial charge in [0.05, 0.1) is 0 Å². The summed E-state index contributed by atoms with van der Waals surface area (Å²) in [6, 6.07) is 3.77. The first-order valence-corrected chi connectivity index (χ1v) is 6.95. The fourth-order valence-electron chi connectivity index (χ4n) is 3.12. The van der Waals surface area contributed by atoms with Crippen LogP contribution in [-0.2, 0) is 6.42 Å². The van der Waals surface area contributed by atoms with Gasteiger partial charge in [-0.3, -0.25) is 11.3 Å². The van der Waals surface area contributed by atoms with Gasteiger partial charge in [0.1, 0.15) is 11.6 Å². The molecule has 4 heteroatoms. The number of nitrogens with one attached hydrogen (secondary N) is 1. The molecule has 2 nitrogen and oxygen atoms in total. The maximum Gasteiger partial charge on any atom is 0.129 e. The lowest BCUT2D eigenvalue weighted by Gasteiger charge is -2.40. The van der Waals surface area contributed by atoms with E-state index in [1.807, 2.05) is 0 Å². The Morgan fingerprint density at radius 1 is 1.26 bits per heavy atom. The molecule has 0 saturated heterocycles. The van der Waals surface area contributed by atoms with Crippen molar-refractivity contribution in [2.75, 3.05) is 0 Å². The van der Waals surface area contributed by atoms with E-state index in [4.69, 9.17) is 5.84 Å². The molecule has 0 spiro atoms. The first-order valence-electron chi connectivity index (χ1n) is 6.95. The molecular formula is C15H22F2N2. The Labute approximate surface area is 113 Å². The third-order valence-corrected chi connectivity index (χ3v) is 4.48. The quantitative estimate of drug-likeness (QED) is 0.649. The van der Waals surface area contributed by atoms with Gasteiger partial charge in [-0.25, -0.2) is 8.78 Å². The Kier molecular flexibility index (Phi) is 4.53. The van der Waals surface area contributed by atoms with Gasteiger partial charge in [0.25, 0.3) is 0 Å². The molecule has 19 heavy (non-hydrogen) atoms. The van der Waals surface area contributed by atoms with Gasteiger partial charge in [0.2, 0.25) is 0 Å². The summed E-state index contributed by atoms with van der Waals surface area (Å²) >= 11 is 0. The minimum absolute atomic E-state index is 0.0211. The molecule has 3 N–H and O–H groups in total. The predicted molar refractivity (Wildman–Crippen MR) is 72.4 cm³/mol. The zero-order valence-electron chi connectivity index (χ0n) is 11.4. The Bertz CT molecular complexity index is 428. The molecule has 2 rings (SSSR count). The Hall–Kier alpha value is -1.00. The van der Waals surface area contributed by atoms with E-state index in [9.17, 15) is 8.78 Å². The highest BCUT2D eigenvalue weighted by atomic mass is 19.1. The van der Waals surface area contributed by atoms with Crippen LogP contribution in [0.15, 0.2) is 18.2 Å². The van der Waals surface area contributed by atoms with Crippen LogP contribution in [0, 0.1) is 17.0 Å². The lowest BCUT2D eigenvalue weighted by atomic mass is 9.69. The fourth-order valence-corrected chi connectivity index (χ4v) is 3.12. The summed E-state index contributed by atoms with van der Waals surface area (Å²) in [5.74, 6) is 4.64. The summed E-state index contributed by atoms with van der Waals surface area (Å²) in [5.41, 5.74) is 3.46. The first kappa shape index (κ1) is 14.4. The minimum Gasteiger partial charge on any atom is -0.271 e. The van der Waals surface area contributed by atoms with Crippen molar-refractivity contribution in [2.24, 2.45) is 11.3 Å². The second-order valence-corrected chi connectivity index (χ2v) is 5.87. The number of rotatable bonds is 4. The van der Waals surface area contributed by atoms with Gasteiger partial charge in [-0.15, -0.1) is 0 Å². The molecule has 0 radical (unpaired) electrons. The summed E-state index contributed by atoms with van der Waals surface area (Å²) in [6.45, 7) is 2.21. The van der Waals surface area contributed by atoms with Crippen molar-refractivity contribution in [1.82, 2.24) is 5.43 Å². The second kappa shape index (κ2) is 5.97. The maximum atomic E-state index is 13.7. The molecule has 1 aromatic carbocycles. The third kappa shape index (κ3) is 3.31. The molecular weight excluding hydrogens is 246 g/mol. The van der Waals surface area contributed by atoms with Crippen molar-refractivity contribution in [3.63, 3.8) is 0 Å². The predicted octanol–water partition coefficient (Wildman–Crippen LogP) is 3.31. The first-order chi connectivity index (χ1) is 9.05. The number of hydrogen-bond donors (Lipinski definition) is 2. The van der Waals surface area contributed by atoms with Crippen LogP contribution in [0.5, 0.6) is 0 Å². The Balaban J connectivity index is 2.14. The molecule has 106 valence electrons. The summed E-state index contributed by atoms with van der Waals surface area (Å²) in [6.07, 6.45) is 6.35. The molecule has 1 atom stereocenters. The highest BCUT2D eigenvalue weighted by Crippen LogP contribution is 2.39. The molecule has 1 aromatic rings. The average molecular weight is 268 g/mol. The van der Waals surface area contributed by atoms with Crippen LogP contribution in [-0.4, -0.2) is 6.04 Å². The molecule has 1 saturated carbocycles. The summed E-state index contributed by atoms with van der Waals surface area (Å²) in [7, 11) is 0. The molecule has 0 heterocycles. The monoisotopic (exact) mass is 268 g/mol. The summed E-state index contributed by atoms with van der Waals surface area (Å²) in [5, 5.41) is 0. The molecule has 0 amide bonds. The second-order valence-electron chi connectivity index (χ2n) is 5.87. The van der Waals surface area contributed by atoms with Gasteiger partial charge in [0, 0.05) is 12.1 Å². The van der Waals surface area contributed by atoms with E-state index in [0.29, 0.717) is 12.0 Å². The highest BCUT2D eigenvalue weighted by molar-refractivity contribution is 5.20. The molecule has 1 aliphatic carbocycles. The zero-order chi connectivity index (χ0) is 13.9. The van der Waals surface area contributed by atoms with Crippen molar-refractivity contribution in [3.8, 4) is 0 Å². The van der Waals surface area contributed by atoms with Gasteiger partial charge in [-0.1, -0.05) is 32.3 Å². The van der Waals surface area contributed by atoms with E-state index in [2.05, 4.69) is 12.3 Å². The van der Waals surface area contributed by atoms with Crippen LogP contribution >= 0.6 is 0 Å². The van der Waals surface area contributed by atoms with E-state index in [1.165, 1.54) is 31.4 Å². The third-order valence-electron chi connectivity index (χ3n) is 4.48. The smallest absolute Gasteiger partial charge is 0.129 e. The molecule has 0 bridgehead atoms. The van der Waals surface area contributed by atoms with Crippen molar-refractivity contribution in [1.29, 1.82) is 0 Å². The topological polar surface area (TPSA) is 38.0 Å². The van der Waals surface area contributed by atoms with Gasteiger partial charge in [-0.05, 0) is 36.3 Å². The summed E-state index contributed by atoms with van der Waals surface area (Å²) in [4.78, 5) is 0. The number of hydrazine groups is 1. The molecule has 0 aliphatic heterocycles. The Morgan fingerprint density at radius 3 is 2.53 bits per heavy atom. The van der Waals surface area contributed by atoms with Crippen molar-refractivity contribution >= 4 is 0 Å². The minimum atomic E-state index is -0.539. The number of nitrogens with two attached hydrogens (primary N) is 1. The number of halogens is 2. The van der Waals surface area contributed by atoms with Crippen LogP contribution in [0.1, 0.15) is 44.6 Å². The van der Waals surface area contributed by atoms with Crippen LogP contribution in [0.2, 0.25) is 0 Å². The normalized spacial score (nSPS) is 20.2. The van der Waals surface area contributed by atoms with Crippen LogP contribution in [0.3, 0.4) is 0 Å². The van der Waals surface area contributed by atoms with E-state index >= 15 is 0 Å². The molecule has 0 aromatic heterocycles. The van der Waals surface area contributed by atoms with Crippen LogP contribution in [0.25, 0.3) is 0 Å². The van der Waals surface area contributed by atoms with Crippen LogP contribution < -0.4 is 11.3 Å². The van der Waals surface area contributed by atoms with Gasteiger partial charge < -0.3 is 0 Å². The van der Waals surface area contributed by atoms with Crippen molar-refractivity contribution in [3.05, 3.63) is 35.4 Å². The largest absolute Gasteiger partial charge is 0.271 e. The Morgan fingerprint density at radius 2 is 1.95 bits per heavy atom.